The molecule has 0 saturated carbocycles. The van der Waals surface area contributed by atoms with Gasteiger partial charge in [0.05, 0.1) is 6.54 Å². The standard InChI is InChI=1S/C11H10N2O4/c1-2-6-12-9(14)7-13-8(11(16)17)4-3-5-10(13)15/h1,3-5H,6-7H2,(H,12,14)(H,16,17). The van der Waals surface area contributed by atoms with Gasteiger partial charge in [-0.2, -0.15) is 0 Å². The molecule has 1 aromatic heterocycles. The maximum absolute atomic E-state index is 11.4. The molecule has 0 spiro atoms. The summed E-state index contributed by atoms with van der Waals surface area (Å²) in [6.45, 7) is -0.341. The molecule has 1 heterocycles. The molecular weight excluding hydrogens is 224 g/mol. The predicted octanol–water partition coefficient (Wildman–Crippen LogP) is -0.704. The summed E-state index contributed by atoms with van der Waals surface area (Å²) in [5.74, 6) is 0.415. The summed E-state index contributed by atoms with van der Waals surface area (Å²) in [5, 5.41) is 11.2. The molecule has 0 aliphatic heterocycles. The number of nitrogens with one attached hydrogen (secondary N) is 1. The number of aromatic carboxylic acids is 1. The number of hydrogen-bond donors (Lipinski definition) is 2. The molecule has 0 radical (unpaired) electrons. The van der Waals surface area contributed by atoms with Crippen LogP contribution in [0.5, 0.6) is 0 Å². The van der Waals surface area contributed by atoms with Crippen molar-refractivity contribution < 1.29 is 14.7 Å². The van der Waals surface area contributed by atoms with Crippen LogP contribution in [0.1, 0.15) is 10.5 Å². The number of rotatable bonds is 4. The van der Waals surface area contributed by atoms with Crippen LogP contribution in [0, 0.1) is 12.3 Å². The highest BCUT2D eigenvalue weighted by Gasteiger charge is 2.12. The monoisotopic (exact) mass is 234 g/mol. The lowest BCUT2D eigenvalue weighted by atomic mass is 10.3. The van der Waals surface area contributed by atoms with E-state index in [-0.39, 0.29) is 18.8 Å². The summed E-state index contributed by atoms with van der Waals surface area (Å²) in [6.07, 6.45) is 4.95. The van der Waals surface area contributed by atoms with E-state index in [1.54, 1.807) is 0 Å². The number of carbonyl (C=O) groups excluding carboxylic acids is 1. The van der Waals surface area contributed by atoms with E-state index in [0.717, 1.165) is 4.57 Å². The fraction of sp³-hybridized carbons (Fsp3) is 0.182. The Hall–Kier alpha value is -2.55. The van der Waals surface area contributed by atoms with E-state index >= 15 is 0 Å². The highest BCUT2D eigenvalue weighted by Crippen LogP contribution is 1.96. The highest BCUT2D eigenvalue weighted by atomic mass is 16.4. The average Bonchev–Trinajstić information content (AvgIpc) is 2.28. The Morgan fingerprint density at radius 3 is 2.76 bits per heavy atom. The van der Waals surface area contributed by atoms with Crippen molar-refractivity contribution in [3.63, 3.8) is 0 Å². The number of carbonyl (C=O) groups is 2. The van der Waals surface area contributed by atoms with Gasteiger partial charge in [0.25, 0.3) is 5.56 Å². The average molecular weight is 234 g/mol. The molecule has 0 unspecified atom stereocenters. The van der Waals surface area contributed by atoms with Crippen LogP contribution in [0.15, 0.2) is 23.0 Å². The van der Waals surface area contributed by atoms with Gasteiger partial charge >= 0.3 is 5.97 Å². The van der Waals surface area contributed by atoms with Crippen molar-refractivity contribution in [3.8, 4) is 12.3 Å². The molecule has 0 fully saturated rings. The Balaban J connectivity index is 2.98. The molecule has 6 nitrogen and oxygen atoms in total. The normalized spacial score (nSPS) is 9.35. The first-order valence-corrected chi connectivity index (χ1v) is 4.69. The van der Waals surface area contributed by atoms with Crippen molar-refractivity contribution >= 4 is 11.9 Å². The maximum atomic E-state index is 11.4. The van der Waals surface area contributed by atoms with Crippen LogP contribution < -0.4 is 10.9 Å². The molecule has 0 aromatic carbocycles. The second-order valence-electron chi connectivity index (χ2n) is 3.12. The maximum Gasteiger partial charge on any atom is 0.352 e. The Morgan fingerprint density at radius 1 is 1.47 bits per heavy atom. The van der Waals surface area contributed by atoms with Crippen LogP contribution >= 0.6 is 0 Å². The molecule has 88 valence electrons. The van der Waals surface area contributed by atoms with Crippen LogP contribution in [0.4, 0.5) is 0 Å². The fourth-order valence-electron chi connectivity index (χ4n) is 1.22. The number of carboxylic acid groups (broad SMARTS) is 1. The number of terminal acetylenes is 1. The zero-order valence-corrected chi connectivity index (χ0v) is 8.84. The van der Waals surface area contributed by atoms with Crippen molar-refractivity contribution in [1.82, 2.24) is 9.88 Å². The Kier molecular flexibility index (Phi) is 4.06. The molecule has 0 saturated heterocycles. The summed E-state index contributed by atoms with van der Waals surface area (Å²) in [4.78, 5) is 33.6. The van der Waals surface area contributed by atoms with Gasteiger partial charge in [-0.1, -0.05) is 12.0 Å². The second kappa shape index (κ2) is 5.51. The topological polar surface area (TPSA) is 88.4 Å². The minimum atomic E-state index is -1.27. The number of pyridine rings is 1. The van der Waals surface area contributed by atoms with Crippen LogP contribution in [-0.4, -0.2) is 28.1 Å². The summed E-state index contributed by atoms with van der Waals surface area (Å²) in [6, 6.07) is 3.75. The number of amides is 1. The van der Waals surface area contributed by atoms with E-state index in [1.165, 1.54) is 18.2 Å². The smallest absolute Gasteiger partial charge is 0.352 e. The summed E-state index contributed by atoms with van der Waals surface area (Å²) in [7, 11) is 0. The molecule has 1 amide bonds. The third-order valence-corrected chi connectivity index (χ3v) is 1.96. The number of carboxylic acids is 1. The molecule has 0 aliphatic rings. The van der Waals surface area contributed by atoms with Gasteiger partial charge in [-0.25, -0.2) is 4.79 Å². The van der Waals surface area contributed by atoms with Crippen molar-refractivity contribution in [3.05, 3.63) is 34.2 Å². The fourth-order valence-corrected chi connectivity index (χ4v) is 1.22. The predicted molar refractivity (Wildman–Crippen MR) is 59.5 cm³/mol. The zero-order chi connectivity index (χ0) is 12.8. The minimum absolute atomic E-state index is 0.0306. The molecule has 0 atom stereocenters. The van der Waals surface area contributed by atoms with Gasteiger partial charge < -0.3 is 10.4 Å². The van der Waals surface area contributed by atoms with Crippen LogP contribution in [0.25, 0.3) is 0 Å². The second-order valence-corrected chi connectivity index (χ2v) is 3.12. The number of hydrogen-bond acceptors (Lipinski definition) is 3. The molecular formula is C11H10N2O4. The van der Waals surface area contributed by atoms with Crippen molar-refractivity contribution in [2.75, 3.05) is 6.54 Å². The molecule has 2 N–H and O–H groups in total. The van der Waals surface area contributed by atoms with Gasteiger partial charge in [-0.3, -0.25) is 14.2 Å². The summed E-state index contributed by atoms with van der Waals surface area (Å²) in [5.41, 5.74) is -0.797. The third kappa shape index (κ3) is 3.21. The molecule has 0 bridgehead atoms. The quantitative estimate of drug-likeness (QED) is 0.674. The summed E-state index contributed by atoms with van der Waals surface area (Å²) >= 11 is 0. The van der Waals surface area contributed by atoms with Crippen molar-refractivity contribution in [2.45, 2.75) is 6.54 Å². The first kappa shape index (κ1) is 12.5. The van der Waals surface area contributed by atoms with E-state index in [1.807, 2.05) is 0 Å². The van der Waals surface area contributed by atoms with Gasteiger partial charge in [0, 0.05) is 6.07 Å². The Morgan fingerprint density at radius 2 is 2.18 bits per heavy atom. The van der Waals surface area contributed by atoms with E-state index in [4.69, 9.17) is 11.5 Å². The summed E-state index contributed by atoms with van der Waals surface area (Å²) < 4.78 is 0.869. The minimum Gasteiger partial charge on any atom is -0.477 e. The SMILES string of the molecule is C#CCNC(=O)Cn1c(C(=O)O)cccc1=O. The lowest BCUT2D eigenvalue weighted by Crippen LogP contribution is -2.34. The van der Waals surface area contributed by atoms with Gasteiger partial charge in [-0.15, -0.1) is 6.42 Å². The van der Waals surface area contributed by atoms with E-state index < -0.39 is 17.4 Å². The zero-order valence-electron chi connectivity index (χ0n) is 8.84. The van der Waals surface area contributed by atoms with E-state index in [9.17, 15) is 14.4 Å². The Labute approximate surface area is 96.9 Å². The number of nitrogens with zero attached hydrogens (tertiary/aromatic N) is 1. The van der Waals surface area contributed by atoms with Gasteiger partial charge in [0.2, 0.25) is 5.91 Å². The van der Waals surface area contributed by atoms with Gasteiger partial charge in [0.15, 0.2) is 0 Å². The number of aromatic nitrogens is 1. The van der Waals surface area contributed by atoms with Crippen LogP contribution in [0.2, 0.25) is 0 Å². The molecule has 1 rings (SSSR count). The van der Waals surface area contributed by atoms with E-state index in [2.05, 4.69) is 11.2 Å². The van der Waals surface area contributed by atoms with Gasteiger partial charge in [-0.05, 0) is 6.07 Å². The lowest BCUT2D eigenvalue weighted by molar-refractivity contribution is -0.121. The Bertz CT molecular complexity index is 539. The van der Waals surface area contributed by atoms with Gasteiger partial charge in [0.1, 0.15) is 12.2 Å². The molecule has 6 heteroatoms. The largest absolute Gasteiger partial charge is 0.477 e. The molecule has 0 aliphatic carbocycles. The lowest BCUT2D eigenvalue weighted by Gasteiger charge is -2.08. The first-order chi connectivity index (χ1) is 8.06. The van der Waals surface area contributed by atoms with Crippen LogP contribution in [0.3, 0.4) is 0 Å². The third-order valence-electron chi connectivity index (χ3n) is 1.96. The van der Waals surface area contributed by atoms with Crippen molar-refractivity contribution in [2.24, 2.45) is 0 Å². The first-order valence-electron chi connectivity index (χ1n) is 4.69. The molecule has 1 aromatic rings. The van der Waals surface area contributed by atoms with Crippen LogP contribution in [-0.2, 0) is 11.3 Å². The van der Waals surface area contributed by atoms with E-state index in [0.29, 0.717) is 0 Å². The van der Waals surface area contributed by atoms with Crippen molar-refractivity contribution in [1.29, 1.82) is 0 Å². The highest BCUT2D eigenvalue weighted by molar-refractivity contribution is 5.86. The molecule has 17 heavy (non-hydrogen) atoms.